The van der Waals surface area contributed by atoms with Gasteiger partial charge in [-0.25, -0.2) is 14.6 Å². The fraction of sp³-hybridized carbons (Fsp3) is 0.550. The van der Waals surface area contributed by atoms with Crippen LogP contribution in [0.25, 0.3) is 0 Å². The zero-order valence-corrected chi connectivity index (χ0v) is 18.7. The summed E-state index contributed by atoms with van der Waals surface area (Å²) in [5.74, 6) is -2.41. The van der Waals surface area contributed by atoms with Gasteiger partial charge in [0.15, 0.2) is 5.84 Å². The minimum absolute atomic E-state index is 0.168. The highest BCUT2D eigenvalue weighted by atomic mass is 35.5. The van der Waals surface area contributed by atoms with Crippen molar-refractivity contribution in [2.45, 2.75) is 58.5 Å². The van der Waals surface area contributed by atoms with Gasteiger partial charge < -0.3 is 9.47 Å². The Morgan fingerprint density at radius 2 is 1.80 bits per heavy atom. The lowest BCUT2D eigenvalue weighted by molar-refractivity contribution is -0.168. The highest BCUT2D eigenvalue weighted by Crippen LogP contribution is 2.33. The second-order valence-corrected chi connectivity index (χ2v) is 9.47. The number of nitrogens with one attached hydrogen (secondary N) is 1. The zero-order valence-electron chi connectivity index (χ0n) is 17.9. The number of hydrogen-bond donors (Lipinski definition) is 1. The summed E-state index contributed by atoms with van der Waals surface area (Å²) in [4.78, 5) is 32.0. The van der Waals surface area contributed by atoms with E-state index in [4.69, 9.17) is 21.1 Å². The van der Waals surface area contributed by atoms with E-state index in [0.717, 1.165) is 0 Å². The predicted octanol–water partition coefficient (Wildman–Crippen LogP) is 4.02. The molecule has 9 nitrogen and oxygen atoms in total. The van der Waals surface area contributed by atoms with Gasteiger partial charge in [0.05, 0.1) is 5.69 Å². The van der Waals surface area contributed by atoms with E-state index < -0.39 is 29.1 Å². The van der Waals surface area contributed by atoms with Crippen molar-refractivity contribution < 1.29 is 19.1 Å². The number of nitrogens with zero attached hydrogens (tertiary/aromatic N) is 4. The summed E-state index contributed by atoms with van der Waals surface area (Å²) in [6.45, 7) is 11.0. The molecule has 0 bridgehead atoms. The lowest BCUT2D eigenvalue weighted by Gasteiger charge is -2.35. The second kappa shape index (κ2) is 7.63. The number of aliphatic imine (C=N–C) groups is 1. The van der Waals surface area contributed by atoms with Gasteiger partial charge in [-0.05, 0) is 59.7 Å². The highest BCUT2D eigenvalue weighted by Gasteiger charge is 2.54. The van der Waals surface area contributed by atoms with Crippen LogP contribution in [0.5, 0.6) is 0 Å². The van der Waals surface area contributed by atoms with Crippen LogP contribution in [0.4, 0.5) is 10.5 Å². The van der Waals surface area contributed by atoms with Crippen molar-refractivity contribution in [3.8, 4) is 0 Å². The van der Waals surface area contributed by atoms with Crippen molar-refractivity contribution in [1.29, 1.82) is 0 Å². The number of amides is 1. The summed E-state index contributed by atoms with van der Waals surface area (Å²) in [7, 11) is 0. The number of rotatable bonds is 2. The number of carbonyl (C=O) groups is 2. The van der Waals surface area contributed by atoms with E-state index in [1.165, 1.54) is 4.90 Å². The predicted molar refractivity (Wildman–Crippen MR) is 112 cm³/mol. The van der Waals surface area contributed by atoms with E-state index in [1.54, 1.807) is 59.7 Å². The van der Waals surface area contributed by atoms with Crippen molar-refractivity contribution in [3.63, 3.8) is 0 Å². The van der Waals surface area contributed by atoms with Gasteiger partial charge in [0.25, 0.3) is 5.79 Å². The Morgan fingerprint density at radius 1 is 1.13 bits per heavy atom. The molecule has 1 fully saturated rings. The van der Waals surface area contributed by atoms with Crippen molar-refractivity contribution in [2.75, 3.05) is 13.1 Å². The molecule has 2 aliphatic rings. The number of amidine groups is 1. The quantitative estimate of drug-likeness (QED) is 0.706. The van der Waals surface area contributed by atoms with Crippen LogP contribution in [0.3, 0.4) is 0 Å². The molecule has 3 rings (SSSR count). The Kier molecular flexibility index (Phi) is 5.64. The molecule has 1 atom stereocenters. The highest BCUT2D eigenvalue weighted by molar-refractivity contribution is 6.31. The van der Waals surface area contributed by atoms with Crippen LogP contribution in [0.2, 0.25) is 5.02 Å². The van der Waals surface area contributed by atoms with E-state index in [-0.39, 0.29) is 12.4 Å². The van der Waals surface area contributed by atoms with Crippen molar-refractivity contribution >= 4 is 35.2 Å². The lowest BCUT2D eigenvalue weighted by Crippen LogP contribution is -2.61. The standard InChI is InChI=1S/C20H26ClN5O4/c1-18(2,3)29-16(27)20(22-9-10-26(20)17(28)30-19(4,5)6)23-15-13-11-12(21)7-8-14(13)24-25-15/h7-8,11,22H,9-10H2,1-6H3. The number of hydrogen-bond acceptors (Lipinski definition) is 7. The molecule has 1 aromatic carbocycles. The van der Waals surface area contributed by atoms with Gasteiger partial charge in [0, 0.05) is 23.7 Å². The van der Waals surface area contributed by atoms with E-state index in [2.05, 4.69) is 20.5 Å². The maximum Gasteiger partial charge on any atom is 0.413 e. The van der Waals surface area contributed by atoms with Gasteiger partial charge in [-0.15, -0.1) is 10.2 Å². The number of esters is 1. The van der Waals surface area contributed by atoms with E-state index >= 15 is 0 Å². The van der Waals surface area contributed by atoms with E-state index in [9.17, 15) is 9.59 Å². The maximum absolute atomic E-state index is 13.3. The summed E-state index contributed by atoms with van der Waals surface area (Å²) >= 11 is 6.11. The third-order valence-corrected chi connectivity index (χ3v) is 4.35. The first-order valence-electron chi connectivity index (χ1n) is 9.61. The fourth-order valence-electron chi connectivity index (χ4n) is 2.98. The molecule has 1 N–H and O–H groups in total. The number of benzene rings is 1. The lowest BCUT2D eigenvalue weighted by atomic mass is 10.1. The third-order valence-electron chi connectivity index (χ3n) is 4.11. The molecule has 1 aromatic rings. The Balaban J connectivity index is 2.08. The molecule has 10 heteroatoms. The number of halogens is 1. The van der Waals surface area contributed by atoms with Crippen LogP contribution in [0.15, 0.2) is 33.4 Å². The van der Waals surface area contributed by atoms with Gasteiger partial charge in [0.1, 0.15) is 11.2 Å². The number of azo groups is 1. The first-order valence-corrected chi connectivity index (χ1v) is 9.99. The van der Waals surface area contributed by atoms with Gasteiger partial charge in [0.2, 0.25) is 0 Å². The van der Waals surface area contributed by atoms with Crippen LogP contribution < -0.4 is 5.32 Å². The first kappa shape index (κ1) is 22.2. The number of fused-ring (bicyclic) bond motifs is 1. The number of ether oxygens (including phenoxy) is 2. The molecule has 1 saturated heterocycles. The Bertz CT molecular complexity index is 932. The third kappa shape index (κ3) is 4.62. The normalized spacial score (nSPS) is 22.4. The largest absolute Gasteiger partial charge is 0.456 e. The fourth-order valence-corrected chi connectivity index (χ4v) is 3.15. The van der Waals surface area contributed by atoms with Crippen molar-refractivity contribution in [3.05, 3.63) is 28.8 Å². The van der Waals surface area contributed by atoms with E-state index in [0.29, 0.717) is 22.8 Å². The zero-order chi connectivity index (χ0) is 22.3. The van der Waals surface area contributed by atoms with Crippen LogP contribution in [0, 0.1) is 0 Å². The summed E-state index contributed by atoms with van der Waals surface area (Å²) in [6, 6.07) is 5.05. The minimum Gasteiger partial charge on any atom is -0.456 e. The number of carbonyl (C=O) groups excluding carboxylic acids is 2. The molecule has 0 saturated carbocycles. The van der Waals surface area contributed by atoms with Crippen molar-refractivity contribution in [2.24, 2.45) is 15.2 Å². The van der Waals surface area contributed by atoms with Crippen LogP contribution >= 0.6 is 11.6 Å². The molecule has 0 spiro atoms. The van der Waals surface area contributed by atoms with Gasteiger partial charge in [-0.2, -0.15) is 0 Å². The molecule has 1 amide bonds. The molecule has 30 heavy (non-hydrogen) atoms. The smallest absolute Gasteiger partial charge is 0.413 e. The van der Waals surface area contributed by atoms with Gasteiger partial charge in [-0.3, -0.25) is 10.2 Å². The van der Waals surface area contributed by atoms with E-state index in [1.807, 2.05) is 0 Å². The molecular formula is C20H26ClN5O4. The van der Waals surface area contributed by atoms with Gasteiger partial charge >= 0.3 is 12.1 Å². The average Bonchev–Trinajstić information content (AvgIpc) is 3.17. The summed E-state index contributed by atoms with van der Waals surface area (Å²) in [6.07, 6.45) is -0.691. The van der Waals surface area contributed by atoms with Crippen molar-refractivity contribution in [1.82, 2.24) is 10.2 Å². The second-order valence-electron chi connectivity index (χ2n) is 9.03. The van der Waals surface area contributed by atoms with Crippen LogP contribution in [-0.4, -0.2) is 52.9 Å². The summed E-state index contributed by atoms with van der Waals surface area (Å²) in [5.41, 5.74) is -0.422. The molecule has 0 aromatic heterocycles. The SMILES string of the molecule is CC(C)(C)OC(=O)N1CCNC1(N=C1N=Nc2ccc(Cl)cc21)C(=O)OC(C)(C)C. The Morgan fingerprint density at radius 3 is 2.43 bits per heavy atom. The minimum atomic E-state index is -1.84. The summed E-state index contributed by atoms with van der Waals surface area (Å²) < 4.78 is 11.1. The molecule has 2 aliphatic heterocycles. The first-order chi connectivity index (χ1) is 13.8. The molecule has 0 radical (unpaired) electrons. The maximum atomic E-state index is 13.3. The van der Waals surface area contributed by atoms with Crippen LogP contribution in [0.1, 0.15) is 47.1 Å². The topological polar surface area (TPSA) is 105 Å². The van der Waals surface area contributed by atoms with Gasteiger partial charge in [-0.1, -0.05) is 11.6 Å². The Labute approximate surface area is 180 Å². The monoisotopic (exact) mass is 435 g/mol. The molecule has 1 unspecified atom stereocenters. The van der Waals surface area contributed by atoms with Crippen LogP contribution in [-0.2, 0) is 14.3 Å². The summed E-state index contributed by atoms with van der Waals surface area (Å²) in [5, 5.41) is 11.7. The Hall–Kier alpha value is -2.52. The molecule has 0 aliphatic carbocycles. The molecule has 162 valence electrons. The molecule has 2 heterocycles. The molecular weight excluding hydrogens is 410 g/mol. The average molecular weight is 436 g/mol.